The Morgan fingerprint density at radius 3 is 2.09 bits per heavy atom. The van der Waals surface area contributed by atoms with Gasteiger partial charge in [0, 0.05) is 26.1 Å². The molecule has 0 bridgehead atoms. The van der Waals surface area contributed by atoms with Crippen LogP contribution in [0.25, 0.3) is 0 Å². The van der Waals surface area contributed by atoms with Gasteiger partial charge in [0.05, 0.1) is 14.8 Å². The molecule has 9 heteroatoms. The molecule has 3 saturated heterocycles. The second-order valence-electron chi connectivity index (χ2n) is 11.3. The summed E-state index contributed by atoms with van der Waals surface area (Å²) in [5.41, 5.74) is 0. The van der Waals surface area contributed by atoms with Gasteiger partial charge in [0.1, 0.15) is 5.78 Å². The second-order valence-corrected chi connectivity index (χ2v) is 22.5. The molecule has 34 heavy (non-hydrogen) atoms. The Hall–Kier alpha value is 1.17. The number of thioether (sulfide) groups is 4. The molecule has 0 radical (unpaired) electrons. The van der Waals surface area contributed by atoms with Crippen LogP contribution in [0, 0.1) is 0 Å². The number of hydrogen-bond acceptors (Lipinski definition) is 8. The molecule has 3 heterocycles. The van der Waals surface area contributed by atoms with Gasteiger partial charge in [-0.1, -0.05) is 20.8 Å². The molecule has 0 aromatic rings. The van der Waals surface area contributed by atoms with Crippen LogP contribution >= 0.6 is 47.0 Å². The number of hydrogen-bond donors (Lipinski definition) is 0. The van der Waals surface area contributed by atoms with Gasteiger partial charge in [-0.15, -0.1) is 47.0 Å². The fraction of sp³-hybridized carbons (Fsp3) is 0.960. The normalized spacial score (nSPS) is 25.7. The highest BCUT2D eigenvalue weighted by Crippen LogP contribution is 2.50. The lowest BCUT2D eigenvalue weighted by molar-refractivity contribution is -0.163. The minimum Gasteiger partial charge on any atom is -0.417 e. The summed E-state index contributed by atoms with van der Waals surface area (Å²) in [4.78, 5) is 13.6. The largest absolute Gasteiger partial charge is 0.417 e. The van der Waals surface area contributed by atoms with Crippen molar-refractivity contribution in [2.24, 2.45) is 0 Å². The van der Waals surface area contributed by atoms with Crippen LogP contribution in [0.4, 0.5) is 0 Å². The van der Waals surface area contributed by atoms with Crippen molar-refractivity contribution in [2.75, 3.05) is 42.8 Å². The van der Waals surface area contributed by atoms with Crippen LogP contribution in [0.15, 0.2) is 0 Å². The molecule has 3 aliphatic heterocycles. The standard InChI is InChI=1S/C25H46O4S4Si/c1-23(2,3)34(4,5)29-13-11-24(30-14-8-15-31-24)18-21(26)19-25(32-16-9-17-33-25)20-28-22-10-6-7-12-27-22/h22H,6-20H2,1-5H3. The summed E-state index contributed by atoms with van der Waals surface area (Å²) in [6.07, 6.45) is 7.84. The zero-order chi connectivity index (χ0) is 24.7. The minimum atomic E-state index is -1.78. The van der Waals surface area contributed by atoms with Crippen LogP contribution in [0.2, 0.25) is 18.1 Å². The highest BCUT2D eigenvalue weighted by atomic mass is 32.2. The molecule has 3 fully saturated rings. The third kappa shape index (κ3) is 8.88. The molecule has 3 aliphatic rings. The van der Waals surface area contributed by atoms with E-state index in [-0.39, 0.29) is 19.5 Å². The predicted octanol–water partition coefficient (Wildman–Crippen LogP) is 7.42. The van der Waals surface area contributed by atoms with Crippen molar-refractivity contribution in [3.05, 3.63) is 0 Å². The SMILES string of the molecule is CC(C)(C)[Si](C)(C)OCCC1(CC(=O)CC2(COC3CCCCO3)SCCCS2)SCCCS1. The zero-order valence-electron chi connectivity index (χ0n) is 21.9. The molecule has 0 aromatic heterocycles. The monoisotopic (exact) mass is 566 g/mol. The summed E-state index contributed by atoms with van der Waals surface area (Å²) < 4.78 is 18.4. The minimum absolute atomic E-state index is 0.0315. The van der Waals surface area contributed by atoms with Gasteiger partial charge in [0.25, 0.3) is 0 Å². The highest BCUT2D eigenvalue weighted by molar-refractivity contribution is 8.19. The molecule has 0 aliphatic carbocycles. The van der Waals surface area contributed by atoms with Crippen LogP contribution in [0.1, 0.15) is 72.1 Å². The van der Waals surface area contributed by atoms with E-state index in [1.54, 1.807) is 0 Å². The third-order valence-electron chi connectivity index (χ3n) is 7.35. The van der Waals surface area contributed by atoms with E-state index in [0.717, 1.165) is 55.5 Å². The summed E-state index contributed by atoms with van der Waals surface area (Å²) in [6, 6.07) is 0. The highest BCUT2D eigenvalue weighted by Gasteiger charge is 2.43. The quantitative estimate of drug-likeness (QED) is 0.239. The lowest BCUT2D eigenvalue weighted by atomic mass is 10.1. The average molecular weight is 567 g/mol. The van der Waals surface area contributed by atoms with Crippen molar-refractivity contribution >= 4 is 61.1 Å². The summed E-state index contributed by atoms with van der Waals surface area (Å²) in [7, 11) is -1.78. The maximum Gasteiger partial charge on any atom is 0.191 e. The van der Waals surface area contributed by atoms with Crippen molar-refractivity contribution in [3.63, 3.8) is 0 Å². The molecule has 0 aromatic carbocycles. The van der Waals surface area contributed by atoms with Crippen LogP contribution in [-0.2, 0) is 18.7 Å². The van der Waals surface area contributed by atoms with Crippen LogP contribution in [0.5, 0.6) is 0 Å². The summed E-state index contributed by atoms with van der Waals surface area (Å²) in [5.74, 6) is 4.92. The van der Waals surface area contributed by atoms with E-state index in [4.69, 9.17) is 13.9 Å². The molecule has 0 saturated carbocycles. The zero-order valence-corrected chi connectivity index (χ0v) is 26.2. The van der Waals surface area contributed by atoms with Crippen LogP contribution in [0.3, 0.4) is 0 Å². The molecule has 0 N–H and O–H groups in total. The molecule has 198 valence electrons. The fourth-order valence-corrected chi connectivity index (χ4v) is 11.7. The van der Waals surface area contributed by atoms with Gasteiger partial charge in [-0.05, 0) is 79.7 Å². The lowest BCUT2D eigenvalue weighted by Gasteiger charge is -2.40. The number of carbonyl (C=O) groups is 1. The molecule has 3 rings (SSSR count). The maximum absolute atomic E-state index is 13.6. The van der Waals surface area contributed by atoms with E-state index in [1.807, 2.05) is 47.0 Å². The number of Topliss-reactive ketones (excluding diaryl/α,β-unsaturated/α-hetero) is 1. The number of rotatable bonds is 11. The molecule has 1 atom stereocenters. The number of carbonyl (C=O) groups excluding carboxylic acids is 1. The topological polar surface area (TPSA) is 44.8 Å². The fourth-order valence-electron chi connectivity index (χ4n) is 4.21. The summed E-state index contributed by atoms with van der Waals surface area (Å²) in [5, 5.41) is 0.215. The average Bonchev–Trinajstić information content (AvgIpc) is 2.79. The van der Waals surface area contributed by atoms with Crippen molar-refractivity contribution < 1.29 is 18.7 Å². The molecule has 0 amide bonds. The van der Waals surface area contributed by atoms with E-state index in [2.05, 4.69) is 33.9 Å². The van der Waals surface area contributed by atoms with Crippen molar-refractivity contribution in [3.8, 4) is 0 Å². The number of ketones is 1. The second kappa shape index (κ2) is 13.3. The van der Waals surface area contributed by atoms with Gasteiger partial charge in [-0.2, -0.15) is 0 Å². The van der Waals surface area contributed by atoms with Gasteiger partial charge < -0.3 is 13.9 Å². The van der Waals surface area contributed by atoms with Crippen molar-refractivity contribution in [2.45, 2.75) is 105 Å². The molecular weight excluding hydrogens is 521 g/mol. The van der Waals surface area contributed by atoms with E-state index in [9.17, 15) is 4.79 Å². The van der Waals surface area contributed by atoms with Gasteiger partial charge in [0.2, 0.25) is 0 Å². The third-order valence-corrected chi connectivity index (χ3v) is 18.6. The first-order chi connectivity index (χ1) is 16.1. The van der Waals surface area contributed by atoms with Crippen molar-refractivity contribution in [1.29, 1.82) is 0 Å². The number of ether oxygens (including phenoxy) is 2. The lowest BCUT2D eigenvalue weighted by Crippen LogP contribution is -2.42. The van der Waals surface area contributed by atoms with E-state index in [0.29, 0.717) is 25.2 Å². The first-order valence-electron chi connectivity index (χ1n) is 13.0. The first-order valence-corrected chi connectivity index (χ1v) is 19.8. The Bertz CT molecular complexity index is 637. The Morgan fingerprint density at radius 1 is 0.941 bits per heavy atom. The Labute approximate surface area is 226 Å². The Balaban J connectivity index is 1.59. The van der Waals surface area contributed by atoms with E-state index in [1.165, 1.54) is 19.3 Å². The van der Waals surface area contributed by atoms with Gasteiger partial charge in [-0.25, -0.2) is 0 Å². The Morgan fingerprint density at radius 2 is 1.53 bits per heavy atom. The molecule has 1 unspecified atom stereocenters. The van der Waals surface area contributed by atoms with Crippen molar-refractivity contribution in [1.82, 2.24) is 0 Å². The van der Waals surface area contributed by atoms with Crippen LogP contribution in [-0.4, -0.2) is 71.4 Å². The summed E-state index contributed by atoms with van der Waals surface area (Å²) in [6.45, 7) is 13.7. The molecular formula is C25H46O4S4Si. The smallest absolute Gasteiger partial charge is 0.191 e. The molecule has 4 nitrogen and oxygen atoms in total. The van der Waals surface area contributed by atoms with Gasteiger partial charge in [-0.3, -0.25) is 4.79 Å². The first kappa shape index (κ1) is 29.7. The van der Waals surface area contributed by atoms with Gasteiger partial charge >= 0.3 is 0 Å². The maximum atomic E-state index is 13.6. The summed E-state index contributed by atoms with van der Waals surface area (Å²) >= 11 is 7.90. The predicted molar refractivity (Wildman–Crippen MR) is 156 cm³/mol. The Kier molecular flexibility index (Phi) is 11.6. The van der Waals surface area contributed by atoms with Crippen LogP contribution < -0.4 is 0 Å². The molecule has 0 spiro atoms. The van der Waals surface area contributed by atoms with Gasteiger partial charge in [0.15, 0.2) is 14.6 Å². The van der Waals surface area contributed by atoms with E-state index < -0.39 is 8.32 Å². The van der Waals surface area contributed by atoms with E-state index >= 15 is 0 Å².